The summed E-state index contributed by atoms with van der Waals surface area (Å²) in [4.78, 5) is 0. The fourth-order valence-electron chi connectivity index (χ4n) is 1.72. The van der Waals surface area contributed by atoms with Crippen molar-refractivity contribution in [1.82, 2.24) is 10.6 Å². The van der Waals surface area contributed by atoms with E-state index in [1.54, 1.807) is 11.3 Å². The van der Waals surface area contributed by atoms with Crippen molar-refractivity contribution in [2.24, 2.45) is 5.92 Å². The maximum absolute atomic E-state index is 9.55. The van der Waals surface area contributed by atoms with E-state index in [1.165, 1.54) is 5.56 Å². The van der Waals surface area contributed by atoms with Gasteiger partial charge in [0.25, 0.3) is 0 Å². The smallest absolute Gasteiger partial charge is 0.0716 e. The van der Waals surface area contributed by atoms with Crippen molar-refractivity contribution in [2.75, 3.05) is 19.6 Å². The second kappa shape index (κ2) is 4.89. The van der Waals surface area contributed by atoms with Gasteiger partial charge in [0.2, 0.25) is 0 Å². The van der Waals surface area contributed by atoms with Crippen molar-refractivity contribution in [3.8, 4) is 0 Å². The van der Waals surface area contributed by atoms with Gasteiger partial charge in [0.1, 0.15) is 0 Å². The molecule has 1 aliphatic heterocycles. The van der Waals surface area contributed by atoms with E-state index in [9.17, 15) is 5.11 Å². The summed E-state index contributed by atoms with van der Waals surface area (Å²) in [5.41, 5.74) is 1.33. The van der Waals surface area contributed by atoms with Crippen molar-refractivity contribution in [3.05, 3.63) is 22.4 Å². The zero-order valence-electron chi connectivity index (χ0n) is 8.07. The second-order valence-electron chi connectivity index (χ2n) is 3.75. The molecule has 1 aliphatic rings. The van der Waals surface area contributed by atoms with Crippen molar-refractivity contribution in [2.45, 2.75) is 12.6 Å². The predicted molar refractivity (Wildman–Crippen MR) is 58.4 cm³/mol. The molecular formula is C10H16N2OS. The standard InChI is InChI=1S/C10H16N2OS/c13-10-6-12-5-9(10)4-11-3-8-1-2-14-7-8/h1-2,7,9-13H,3-6H2. The Bertz CT molecular complexity index is 263. The molecule has 2 atom stereocenters. The van der Waals surface area contributed by atoms with Crippen LogP contribution in [0.25, 0.3) is 0 Å². The van der Waals surface area contributed by atoms with Gasteiger partial charge in [0, 0.05) is 32.1 Å². The monoisotopic (exact) mass is 212 g/mol. The maximum Gasteiger partial charge on any atom is 0.0716 e. The molecular weight excluding hydrogens is 196 g/mol. The molecule has 3 nitrogen and oxygen atoms in total. The summed E-state index contributed by atoms with van der Waals surface area (Å²) < 4.78 is 0. The van der Waals surface area contributed by atoms with Gasteiger partial charge in [-0.05, 0) is 22.4 Å². The molecule has 78 valence electrons. The van der Waals surface area contributed by atoms with Crippen molar-refractivity contribution < 1.29 is 5.11 Å². The second-order valence-corrected chi connectivity index (χ2v) is 4.53. The highest BCUT2D eigenvalue weighted by molar-refractivity contribution is 7.07. The van der Waals surface area contributed by atoms with Crippen LogP contribution in [-0.2, 0) is 6.54 Å². The van der Waals surface area contributed by atoms with E-state index in [2.05, 4.69) is 27.5 Å². The average Bonchev–Trinajstić information content (AvgIpc) is 2.78. The molecule has 0 spiro atoms. The first-order valence-electron chi connectivity index (χ1n) is 4.97. The minimum Gasteiger partial charge on any atom is -0.391 e. The summed E-state index contributed by atoms with van der Waals surface area (Å²) in [6.07, 6.45) is -0.176. The highest BCUT2D eigenvalue weighted by Gasteiger charge is 2.23. The minimum atomic E-state index is -0.176. The molecule has 0 aromatic carbocycles. The first kappa shape index (κ1) is 10.1. The molecule has 0 saturated carbocycles. The van der Waals surface area contributed by atoms with Crippen LogP contribution in [0.1, 0.15) is 5.56 Å². The van der Waals surface area contributed by atoms with Crippen LogP contribution in [-0.4, -0.2) is 30.8 Å². The molecule has 2 rings (SSSR count). The number of β-amino-alcohol motifs (C(OH)–C–C–N with tert-alkyl or cyclic N) is 1. The van der Waals surface area contributed by atoms with Crippen LogP contribution in [0.15, 0.2) is 16.8 Å². The lowest BCUT2D eigenvalue weighted by molar-refractivity contribution is 0.146. The molecule has 0 bridgehead atoms. The predicted octanol–water partition coefficient (Wildman–Crippen LogP) is 0.418. The Balaban J connectivity index is 1.68. The SMILES string of the molecule is OC1CNCC1CNCc1ccsc1. The summed E-state index contributed by atoms with van der Waals surface area (Å²) in [6.45, 7) is 3.47. The first-order valence-corrected chi connectivity index (χ1v) is 5.91. The summed E-state index contributed by atoms with van der Waals surface area (Å²) in [6, 6.07) is 2.13. The van der Waals surface area contributed by atoms with E-state index in [0.717, 1.165) is 26.2 Å². The lowest BCUT2D eigenvalue weighted by atomic mass is 10.1. The van der Waals surface area contributed by atoms with Crippen LogP contribution < -0.4 is 10.6 Å². The minimum absolute atomic E-state index is 0.176. The van der Waals surface area contributed by atoms with Gasteiger partial charge in [0.05, 0.1) is 6.10 Å². The fourth-order valence-corrected chi connectivity index (χ4v) is 2.39. The molecule has 3 N–H and O–H groups in total. The molecule has 1 aromatic heterocycles. The van der Waals surface area contributed by atoms with E-state index in [4.69, 9.17) is 0 Å². The van der Waals surface area contributed by atoms with Gasteiger partial charge in [-0.25, -0.2) is 0 Å². The van der Waals surface area contributed by atoms with Crippen molar-refractivity contribution in [1.29, 1.82) is 0 Å². The summed E-state index contributed by atoms with van der Waals surface area (Å²) >= 11 is 1.72. The van der Waals surface area contributed by atoms with Gasteiger partial charge in [-0.3, -0.25) is 0 Å². The first-order chi connectivity index (χ1) is 6.86. The topological polar surface area (TPSA) is 44.3 Å². The Kier molecular flexibility index (Phi) is 3.53. The molecule has 1 saturated heterocycles. The fraction of sp³-hybridized carbons (Fsp3) is 0.600. The number of aliphatic hydroxyl groups excluding tert-OH is 1. The Hall–Kier alpha value is -0.420. The van der Waals surface area contributed by atoms with Gasteiger partial charge in [-0.15, -0.1) is 0 Å². The van der Waals surface area contributed by atoms with Crippen LogP contribution in [0.2, 0.25) is 0 Å². The van der Waals surface area contributed by atoms with Crippen molar-refractivity contribution >= 4 is 11.3 Å². The molecule has 1 fully saturated rings. The zero-order valence-corrected chi connectivity index (χ0v) is 8.89. The van der Waals surface area contributed by atoms with Gasteiger partial charge in [-0.2, -0.15) is 11.3 Å². The summed E-state index contributed by atoms with van der Waals surface area (Å²) in [5, 5.41) is 20.3. The van der Waals surface area contributed by atoms with Gasteiger partial charge < -0.3 is 15.7 Å². The quantitative estimate of drug-likeness (QED) is 0.677. The number of nitrogens with one attached hydrogen (secondary N) is 2. The molecule has 14 heavy (non-hydrogen) atoms. The molecule has 0 amide bonds. The summed E-state index contributed by atoms with van der Waals surface area (Å²) in [7, 11) is 0. The zero-order chi connectivity index (χ0) is 9.80. The van der Waals surface area contributed by atoms with E-state index in [-0.39, 0.29) is 6.10 Å². The van der Waals surface area contributed by atoms with E-state index < -0.39 is 0 Å². The van der Waals surface area contributed by atoms with E-state index in [0.29, 0.717) is 5.92 Å². The molecule has 0 aliphatic carbocycles. The number of aliphatic hydroxyl groups is 1. The number of hydrogen-bond donors (Lipinski definition) is 3. The van der Waals surface area contributed by atoms with Gasteiger partial charge in [0.15, 0.2) is 0 Å². The molecule has 4 heteroatoms. The van der Waals surface area contributed by atoms with Gasteiger partial charge >= 0.3 is 0 Å². The number of thiophene rings is 1. The third kappa shape index (κ3) is 2.54. The molecule has 2 heterocycles. The Labute approximate surface area is 88.1 Å². The van der Waals surface area contributed by atoms with E-state index in [1.807, 2.05) is 0 Å². The third-order valence-electron chi connectivity index (χ3n) is 2.62. The third-order valence-corrected chi connectivity index (χ3v) is 3.35. The molecule has 2 unspecified atom stereocenters. The number of rotatable bonds is 4. The van der Waals surface area contributed by atoms with Crippen LogP contribution in [0.4, 0.5) is 0 Å². The Morgan fingerprint density at radius 1 is 1.57 bits per heavy atom. The highest BCUT2D eigenvalue weighted by atomic mass is 32.1. The Morgan fingerprint density at radius 3 is 3.14 bits per heavy atom. The van der Waals surface area contributed by atoms with E-state index >= 15 is 0 Å². The van der Waals surface area contributed by atoms with Crippen LogP contribution in [0.5, 0.6) is 0 Å². The average molecular weight is 212 g/mol. The molecule has 0 radical (unpaired) electrons. The highest BCUT2D eigenvalue weighted by Crippen LogP contribution is 2.08. The van der Waals surface area contributed by atoms with Crippen molar-refractivity contribution in [3.63, 3.8) is 0 Å². The normalized spacial score (nSPS) is 26.9. The molecule has 1 aromatic rings. The maximum atomic E-state index is 9.55. The van der Waals surface area contributed by atoms with Crippen LogP contribution >= 0.6 is 11.3 Å². The number of hydrogen-bond acceptors (Lipinski definition) is 4. The van der Waals surface area contributed by atoms with Crippen LogP contribution in [0, 0.1) is 5.92 Å². The Morgan fingerprint density at radius 2 is 2.50 bits per heavy atom. The van der Waals surface area contributed by atoms with Gasteiger partial charge in [-0.1, -0.05) is 0 Å². The van der Waals surface area contributed by atoms with Crippen LogP contribution in [0.3, 0.4) is 0 Å². The lowest BCUT2D eigenvalue weighted by Crippen LogP contribution is -2.30. The largest absolute Gasteiger partial charge is 0.391 e. The lowest BCUT2D eigenvalue weighted by Gasteiger charge is -2.13. The summed E-state index contributed by atoms with van der Waals surface area (Å²) in [5.74, 6) is 0.369.